The van der Waals surface area contributed by atoms with Crippen LogP contribution < -0.4 is 0 Å². The van der Waals surface area contributed by atoms with Crippen LogP contribution in [0.1, 0.15) is 102 Å². The summed E-state index contributed by atoms with van der Waals surface area (Å²) in [6.45, 7) is 17.9. The molecule has 32 heavy (non-hydrogen) atoms. The molecule has 0 N–H and O–H groups in total. The molecule has 0 spiro atoms. The van der Waals surface area contributed by atoms with Crippen molar-refractivity contribution in [1.29, 1.82) is 0 Å². The van der Waals surface area contributed by atoms with Crippen molar-refractivity contribution in [2.75, 3.05) is 0 Å². The molecule has 2 aromatic carbocycles. The van der Waals surface area contributed by atoms with Gasteiger partial charge in [-0.1, -0.05) is 0 Å². The van der Waals surface area contributed by atoms with Gasteiger partial charge in [0.05, 0.1) is 0 Å². The van der Waals surface area contributed by atoms with Gasteiger partial charge in [-0.05, 0) is 0 Å². The Balaban J connectivity index is 1.98. The van der Waals surface area contributed by atoms with Gasteiger partial charge in [0, 0.05) is 0 Å². The van der Waals surface area contributed by atoms with Crippen LogP contribution in [-0.4, -0.2) is 3.26 Å². The van der Waals surface area contributed by atoms with Crippen LogP contribution in [-0.2, 0) is 22.1 Å². The van der Waals surface area contributed by atoms with E-state index in [1.54, 1.807) is 0 Å². The Labute approximate surface area is 202 Å². The molecule has 4 rings (SSSR count). The number of hydrogen-bond acceptors (Lipinski definition) is 0. The van der Waals surface area contributed by atoms with Crippen molar-refractivity contribution in [2.24, 2.45) is 0 Å². The third kappa shape index (κ3) is 3.45. The summed E-state index contributed by atoms with van der Waals surface area (Å²) >= 11 is -4.76. The van der Waals surface area contributed by atoms with Crippen LogP contribution in [0.5, 0.6) is 0 Å². The van der Waals surface area contributed by atoms with Gasteiger partial charge in [-0.3, -0.25) is 0 Å². The molecule has 2 aromatic rings. The van der Waals surface area contributed by atoms with Gasteiger partial charge >= 0.3 is 204 Å². The summed E-state index contributed by atoms with van der Waals surface area (Å²) in [5, 5.41) is 0. The van der Waals surface area contributed by atoms with E-state index >= 15 is 0 Å². The molecule has 0 radical (unpaired) electrons. The van der Waals surface area contributed by atoms with Crippen LogP contribution in [0.15, 0.2) is 33.7 Å². The molecule has 0 bridgehead atoms. The Morgan fingerprint density at radius 3 is 2.06 bits per heavy atom. The first-order valence-electron chi connectivity index (χ1n) is 11.9. The maximum absolute atomic E-state index is 7.98. The van der Waals surface area contributed by atoms with Gasteiger partial charge in [0.25, 0.3) is 0 Å². The summed E-state index contributed by atoms with van der Waals surface area (Å²) in [6.07, 6.45) is 7.90. The van der Waals surface area contributed by atoms with E-state index in [2.05, 4.69) is 97.9 Å². The third-order valence-corrected chi connectivity index (χ3v) is 39.5. The van der Waals surface area contributed by atoms with E-state index in [4.69, 9.17) is 17.2 Å². The van der Waals surface area contributed by atoms with E-state index in [9.17, 15) is 0 Å². The van der Waals surface area contributed by atoms with Gasteiger partial charge in [0.15, 0.2) is 0 Å². The molecule has 2 aliphatic carbocycles. The number of allylic oxidation sites excluding steroid dienone is 2. The fourth-order valence-electron chi connectivity index (χ4n) is 5.85. The molecule has 1 atom stereocenters. The summed E-state index contributed by atoms with van der Waals surface area (Å²) in [5.74, 6) is 0.949. The van der Waals surface area contributed by atoms with E-state index in [0.717, 1.165) is 6.42 Å². The van der Waals surface area contributed by atoms with Gasteiger partial charge in [0.2, 0.25) is 0 Å². The number of halogens is 2. The van der Waals surface area contributed by atoms with Gasteiger partial charge < -0.3 is 0 Å². The Morgan fingerprint density at radius 1 is 0.875 bits per heavy atom. The molecule has 0 saturated carbocycles. The van der Waals surface area contributed by atoms with Crippen molar-refractivity contribution in [3.05, 3.63) is 78.2 Å². The number of hydrogen-bond donors (Lipinski definition) is 0. The zero-order valence-electron chi connectivity index (χ0n) is 20.7. The Bertz CT molecular complexity index is 1240. The molecule has 0 fully saturated rings. The van der Waals surface area contributed by atoms with Crippen LogP contribution in [0.4, 0.5) is 0 Å². The molecule has 0 heterocycles. The van der Waals surface area contributed by atoms with Crippen LogP contribution in [0.2, 0.25) is 0 Å². The van der Waals surface area contributed by atoms with Crippen molar-refractivity contribution in [1.82, 2.24) is 0 Å². The number of rotatable bonds is 4. The monoisotopic (exact) mass is 634 g/mol. The van der Waals surface area contributed by atoms with Crippen molar-refractivity contribution < 1.29 is 15.7 Å². The second-order valence-electron chi connectivity index (χ2n) is 10.7. The topological polar surface area (TPSA) is 0 Å². The van der Waals surface area contributed by atoms with Crippen LogP contribution in [0, 0.1) is 13.8 Å². The number of benzene rings is 2. The summed E-state index contributed by atoms with van der Waals surface area (Å²) in [4.78, 5) is 0. The molecule has 0 aliphatic heterocycles. The quantitative estimate of drug-likeness (QED) is 0.294. The first-order chi connectivity index (χ1) is 14.9. The molecule has 0 saturated heterocycles. The van der Waals surface area contributed by atoms with Crippen molar-refractivity contribution in [3.8, 4) is 0 Å². The zero-order chi connectivity index (χ0) is 23.6. The second kappa shape index (κ2) is 8.17. The summed E-state index contributed by atoms with van der Waals surface area (Å²) in [6, 6.07) is 9.11. The van der Waals surface area contributed by atoms with Crippen LogP contribution in [0.3, 0.4) is 0 Å². The van der Waals surface area contributed by atoms with E-state index in [1.807, 2.05) is 0 Å². The molecular formula is C29H36Cl2Hf. The second-order valence-corrected chi connectivity index (χ2v) is 41.1. The maximum atomic E-state index is 7.98. The molecule has 1 unspecified atom stereocenters. The standard InChI is InChI=1S/C15H19.C11H11.C3H6.2ClH.Hf/c1-10(2)12-8-9-13(11(3)4)15-7-5-6-14(12)15;1-8-6-7-9(2)11-5-3-4-10(8)11;1-3-2;;;/h6,8-11H,7H2,1-4H3;3-7H,1-2H3;1-2H3;2*1H;/q;;;;;+2/p-2. The Kier molecular flexibility index (Phi) is 6.22. The predicted molar refractivity (Wildman–Crippen MR) is 142 cm³/mol. The van der Waals surface area contributed by atoms with E-state index < -0.39 is 15.7 Å². The molecule has 0 aromatic heterocycles. The van der Waals surface area contributed by atoms with E-state index in [1.165, 1.54) is 51.1 Å². The van der Waals surface area contributed by atoms with Gasteiger partial charge in [-0.25, -0.2) is 0 Å². The van der Waals surface area contributed by atoms with Gasteiger partial charge in [0.1, 0.15) is 0 Å². The minimum absolute atomic E-state index is 0.0980. The molecule has 0 amide bonds. The van der Waals surface area contributed by atoms with Crippen LogP contribution in [0.25, 0.3) is 12.2 Å². The van der Waals surface area contributed by atoms with E-state index in [0.29, 0.717) is 11.8 Å². The minimum atomic E-state index is -4.76. The van der Waals surface area contributed by atoms with Crippen molar-refractivity contribution in [2.45, 2.75) is 77.3 Å². The fraction of sp³-hybridized carbons (Fsp3) is 0.414. The third-order valence-electron chi connectivity index (χ3n) is 7.90. The first-order valence-corrected chi connectivity index (χ1v) is 26.5. The molecule has 0 nitrogen and oxygen atoms in total. The van der Waals surface area contributed by atoms with Crippen molar-refractivity contribution in [3.63, 3.8) is 0 Å². The molecule has 3 heteroatoms. The molecule has 2 aliphatic rings. The SMILES string of the molecule is C[C](C)=[Hf]([Cl])([Cl])([C]1=Cc2c(C(C)C)ccc(C(C)C)c2C1)[CH]1C=Cc2c(C)ccc(C)c21. The Hall–Kier alpha value is -0.760. The fourth-order valence-corrected chi connectivity index (χ4v) is 24.8. The molecule has 170 valence electrons. The van der Waals surface area contributed by atoms with Gasteiger partial charge in [-0.15, -0.1) is 0 Å². The predicted octanol–water partition coefficient (Wildman–Crippen LogP) is 9.42. The van der Waals surface area contributed by atoms with Gasteiger partial charge in [-0.2, -0.15) is 0 Å². The summed E-state index contributed by atoms with van der Waals surface area (Å²) in [7, 11) is 16.0. The van der Waals surface area contributed by atoms with Crippen LogP contribution >= 0.6 is 17.2 Å². The Morgan fingerprint density at radius 2 is 1.47 bits per heavy atom. The van der Waals surface area contributed by atoms with E-state index in [-0.39, 0.29) is 3.67 Å². The normalized spacial score (nSPS) is 17.8. The number of aryl methyl sites for hydroxylation is 2. The average molecular weight is 634 g/mol. The summed E-state index contributed by atoms with van der Waals surface area (Å²) in [5.41, 5.74) is 11.0. The number of fused-ring (bicyclic) bond motifs is 2. The first kappa shape index (κ1) is 24.4. The van der Waals surface area contributed by atoms with Crippen molar-refractivity contribution >= 4 is 32.6 Å². The average Bonchev–Trinajstić information content (AvgIpc) is 3.36. The molecular weight excluding hydrogens is 598 g/mol. The summed E-state index contributed by atoms with van der Waals surface area (Å²) < 4.78 is 2.66. The zero-order valence-corrected chi connectivity index (χ0v) is 25.8.